The molecule has 292 valence electrons. The van der Waals surface area contributed by atoms with E-state index in [0.717, 1.165) is 0 Å². The highest BCUT2D eigenvalue weighted by Crippen LogP contribution is 2.59. The van der Waals surface area contributed by atoms with Crippen LogP contribution in [0, 0.1) is 0 Å². The van der Waals surface area contributed by atoms with Gasteiger partial charge in [0.2, 0.25) is 0 Å². The zero-order valence-corrected chi connectivity index (χ0v) is 34.8. The highest BCUT2D eigenvalue weighted by molar-refractivity contribution is 6.33. The number of benzene rings is 14. The van der Waals surface area contributed by atoms with Gasteiger partial charge in [-0.3, -0.25) is 0 Å². The number of rotatable bonds is 2. The molecule has 0 radical (unpaired) electrons. The Balaban J connectivity index is 1.15. The topological polar surface area (TPSA) is 0 Å². The van der Waals surface area contributed by atoms with Gasteiger partial charge in [-0.2, -0.15) is 0 Å². The maximum Gasteiger partial charge on any atom is -0.000719 e. The summed E-state index contributed by atoms with van der Waals surface area (Å²) in [5.74, 6) is 0. The van der Waals surface area contributed by atoms with Crippen molar-refractivity contribution in [2.45, 2.75) is 0 Å². The number of fused-ring (bicyclic) bond motifs is 19. The third-order valence-electron chi connectivity index (χ3n) is 14.7. The smallest absolute Gasteiger partial charge is 0.000719 e. The maximum absolute atomic E-state index is 2.50. The summed E-state index contributed by atoms with van der Waals surface area (Å²) < 4.78 is 0. The van der Waals surface area contributed by atoms with Gasteiger partial charge in [0, 0.05) is 0 Å². The van der Waals surface area contributed by atoms with E-state index in [1.807, 2.05) is 0 Å². The molecule has 15 rings (SSSR count). The molecule has 64 heavy (non-hydrogen) atoms. The largest absolute Gasteiger partial charge is 0.0616 e. The quantitative estimate of drug-likeness (QED) is 0.121. The van der Waals surface area contributed by atoms with E-state index in [9.17, 15) is 0 Å². The molecule has 14 aromatic rings. The second kappa shape index (κ2) is 12.6. The molecular formula is C64H36. The van der Waals surface area contributed by atoms with Crippen LogP contribution in [0.1, 0.15) is 0 Å². The third-order valence-corrected chi connectivity index (χ3v) is 14.7. The van der Waals surface area contributed by atoms with E-state index in [0.29, 0.717) is 0 Å². The lowest BCUT2D eigenvalue weighted by molar-refractivity contribution is 1.67. The molecular weight excluding hydrogens is 769 g/mol. The molecule has 0 heterocycles. The van der Waals surface area contributed by atoms with Crippen LogP contribution in [0.2, 0.25) is 0 Å². The van der Waals surface area contributed by atoms with Crippen LogP contribution in [-0.2, 0) is 0 Å². The summed E-state index contributed by atoms with van der Waals surface area (Å²) in [6.45, 7) is 0. The van der Waals surface area contributed by atoms with Gasteiger partial charge in [-0.15, -0.1) is 0 Å². The van der Waals surface area contributed by atoms with Crippen LogP contribution in [-0.4, -0.2) is 0 Å². The molecule has 1 aliphatic rings. The first-order valence-electron chi connectivity index (χ1n) is 22.4. The molecule has 1 aliphatic carbocycles. The van der Waals surface area contributed by atoms with E-state index in [2.05, 4.69) is 218 Å². The molecule has 0 atom stereocenters. The Morgan fingerprint density at radius 2 is 0.531 bits per heavy atom. The normalized spacial score (nSPS) is 12.4. The Morgan fingerprint density at radius 1 is 0.172 bits per heavy atom. The zero-order chi connectivity index (χ0) is 41.6. The molecule has 0 amide bonds. The monoisotopic (exact) mass is 804 g/mol. The first kappa shape index (κ1) is 34.3. The van der Waals surface area contributed by atoms with Crippen molar-refractivity contribution in [3.8, 4) is 44.5 Å². The molecule has 0 bridgehead atoms. The van der Waals surface area contributed by atoms with E-state index in [1.54, 1.807) is 0 Å². The summed E-state index contributed by atoms with van der Waals surface area (Å²) in [4.78, 5) is 0. The highest BCUT2D eigenvalue weighted by Gasteiger charge is 2.32. The van der Waals surface area contributed by atoms with Crippen LogP contribution < -0.4 is 0 Å². The fourth-order valence-electron chi connectivity index (χ4n) is 12.0. The summed E-state index contributed by atoms with van der Waals surface area (Å²) in [6, 6.07) is 82.6. The fourth-order valence-corrected chi connectivity index (χ4v) is 12.0. The molecule has 0 heteroatoms. The first-order valence-corrected chi connectivity index (χ1v) is 22.4. The van der Waals surface area contributed by atoms with Crippen LogP contribution >= 0.6 is 0 Å². The van der Waals surface area contributed by atoms with Crippen molar-refractivity contribution in [1.29, 1.82) is 0 Å². The van der Waals surface area contributed by atoms with Gasteiger partial charge in [0.15, 0.2) is 0 Å². The van der Waals surface area contributed by atoms with Gasteiger partial charge in [-0.05, 0) is 183 Å². The van der Waals surface area contributed by atoms with E-state index < -0.39 is 0 Å². The van der Waals surface area contributed by atoms with E-state index in [1.165, 1.54) is 152 Å². The van der Waals surface area contributed by atoms with Crippen molar-refractivity contribution in [2.24, 2.45) is 0 Å². The van der Waals surface area contributed by atoms with E-state index in [-0.39, 0.29) is 0 Å². The molecule has 0 aromatic heterocycles. The summed E-state index contributed by atoms with van der Waals surface area (Å²) in [5, 5.41) is 25.7. The number of hydrogen-bond acceptors (Lipinski definition) is 0. The van der Waals surface area contributed by atoms with E-state index in [4.69, 9.17) is 0 Å². The molecule has 0 fully saturated rings. The maximum atomic E-state index is 2.50. The first-order chi connectivity index (χ1) is 31.8. The Hall–Kier alpha value is -8.32. The second-order valence-electron chi connectivity index (χ2n) is 17.8. The lowest BCUT2D eigenvalue weighted by Gasteiger charge is -2.22. The van der Waals surface area contributed by atoms with Gasteiger partial charge in [0.25, 0.3) is 0 Å². The molecule has 0 spiro atoms. The lowest BCUT2D eigenvalue weighted by atomic mass is 9.80. The van der Waals surface area contributed by atoms with Crippen LogP contribution in [0.4, 0.5) is 0 Å². The Labute approximate surface area is 368 Å². The molecule has 0 saturated heterocycles. The summed E-state index contributed by atoms with van der Waals surface area (Å²) >= 11 is 0. The fraction of sp³-hybridized carbons (Fsp3) is 0. The SMILES string of the molecule is c1ccc2cc3c(-c4ccc5c6ccccc6c6ccccc6c5c4)c4c(c(-c5ccc6c7ccccc7c7ccccc7c6c5)c3cc2c1)-c1cccc2c1c-4cc1ccccc12. The van der Waals surface area contributed by atoms with Crippen LogP contribution in [0.25, 0.3) is 152 Å². The zero-order valence-electron chi connectivity index (χ0n) is 34.8. The van der Waals surface area contributed by atoms with Crippen LogP contribution in [0.3, 0.4) is 0 Å². The molecule has 0 nitrogen and oxygen atoms in total. The van der Waals surface area contributed by atoms with Crippen molar-refractivity contribution in [3.05, 3.63) is 218 Å². The minimum atomic E-state index is 1.24. The van der Waals surface area contributed by atoms with Crippen molar-refractivity contribution >= 4 is 108 Å². The predicted octanol–water partition coefficient (Wildman–Crippen LogP) is 18.2. The average Bonchev–Trinajstić information content (AvgIpc) is 3.68. The second-order valence-corrected chi connectivity index (χ2v) is 17.8. The average molecular weight is 805 g/mol. The van der Waals surface area contributed by atoms with Gasteiger partial charge >= 0.3 is 0 Å². The van der Waals surface area contributed by atoms with Crippen LogP contribution in [0.15, 0.2) is 218 Å². The molecule has 14 aromatic carbocycles. The summed E-state index contributed by atoms with van der Waals surface area (Å²) in [7, 11) is 0. The minimum Gasteiger partial charge on any atom is -0.0616 e. The van der Waals surface area contributed by atoms with Crippen molar-refractivity contribution in [1.82, 2.24) is 0 Å². The Bertz CT molecular complexity index is 4340. The molecule has 0 N–H and O–H groups in total. The molecule has 0 saturated carbocycles. The highest BCUT2D eigenvalue weighted by atomic mass is 14.3. The van der Waals surface area contributed by atoms with Crippen molar-refractivity contribution in [3.63, 3.8) is 0 Å². The standard InChI is InChI=1S/C64H36/c1-2-15-38-33-58-57(32-37(38)14-1)60(40-28-30-51-47-22-7-5-18-43(47)45-20-9-11-24-49(45)55(51)35-40)63-54-27-13-26-53-42-17-4-3-16-39(42)34-59(62(53)54)64(63)61(58)41-29-31-52-48-23-8-6-19-44(48)46-21-10-12-25-50(46)56(52)36-41/h1-36H. The Morgan fingerprint density at radius 3 is 1.00 bits per heavy atom. The minimum absolute atomic E-state index is 1.24. The van der Waals surface area contributed by atoms with Gasteiger partial charge in [0.1, 0.15) is 0 Å². The Kier molecular flexibility index (Phi) is 6.77. The van der Waals surface area contributed by atoms with E-state index >= 15 is 0 Å². The molecule has 0 unspecified atom stereocenters. The van der Waals surface area contributed by atoms with Crippen molar-refractivity contribution < 1.29 is 0 Å². The van der Waals surface area contributed by atoms with Gasteiger partial charge < -0.3 is 0 Å². The summed E-state index contributed by atoms with van der Waals surface area (Å²) in [6.07, 6.45) is 0. The molecule has 0 aliphatic heterocycles. The summed E-state index contributed by atoms with van der Waals surface area (Å²) in [5.41, 5.74) is 10.3. The van der Waals surface area contributed by atoms with Gasteiger partial charge in [-0.1, -0.05) is 188 Å². The van der Waals surface area contributed by atoms with Gasteiger partial charge in [-0.25, -0.2) is 0 Å². The van der Waals surface area contributed by atoms with Crippen molar-refractivity contribution in [2.75, 3.05) is 0 Å². The van der Waals surface area contributed by atoms with Gasteiger partial charge in [0.05, 0.1) is 0 Å². The predicted molar refractivity (Wildman–Crippen MR) is 277 cm³/mol. The number of hydrogen-bond donors (Lipinski definition) is 0. The lowest BCUT2D eigenvalue weighted by Crippen LogP contribution is -1.95. The third kappa shape index (κ3) is 4.51. The van der Waals surface area contributed by atoms with Crippen LogP contribution in [0.5, 0.6) is 0 Å².